The molecule has 94 valence electrons. The first kappa shape index (κ1) is 12.7. The van der Waals surface area contributed by atoms with Crippen molar-refractivity contribution in [3.05, 3.63) is 29.8 Å². The molecule has 1 fully saturated rings. The van der Waals surface area contributed by atoms with Crippen LogP contribution < -0.4 is 4.74 Å². The van der Waals surface area contributed by atoms with E-state index in [9.17, 15) is 0 Å². The normalized spacial score (nSPS) is 16.3. The fraction of sp³-hybridized carbons (Fsp3) is 0.438. The smallest absolute Gasteiger partial charge is 0.118 e. The van der Waals surface area contributed by atoms with Crippen molar-refractivity contribution in [2.75, 3.05) is 7.11 Å². The van der Waals surface area contributed by atoms with Gasteiger partial charge in [0.2, 0.25) is 0 Å². The third-order valence-electron chi connectivity index (χ3n) is 3.23. The van der Waals surface area contributed by atoms with E-state index in [1.54, 1.807) is 13.3 Å². The number of aliphatic imine (C=N–C) groups is 1. The van der Waals surface area contributed by atoms with Gasteiger partial charge in [-0.1, -0.05) is 25.2 Å². The summed E-state index contributed by atoms with van der Waals surface area (Å²) < 4.78 is 5.10. The zero-order valence-corrected chi connectivity index (χ0v) is 10.9. The van der Waals surface area contributed by atoms with E-state index in [2.05, 4.69) is 16.8 Å². The molecule has 0 bridgehead atoms. The molecule has 1 aliphatic carbocycles. The SMILES string of the molecule is COc1ccc(C#CC=NC2CCCCC2)cc1. The van der Waals surface area contributed by atoms with Gasteiger partial charge in [-0.2, -0.15) is 0 Å². The minimum atomic E-state index is 0.504. The molecule has 2 heteroatoms. The Balaban J connectivity index is 1.88. The molecule has 2 rings (SSSR count). The number of hydrogen-bond acceptors (Lipinski definition) is 2. The highest BCUT2D eigenvalue weighted by molar-refractivity contribution is 5.79. The average Bonchev–Trinajstić information content (AvgIpc) is 2.45. The number of methoxy groups -OCH3 is 1. The lowest BCUT2D eigenvalue weighted by atomic mass is 9.96. The van der Waals surface area contributed by atoms with E-state index in [0.29, 0.717) is 6.04 Å². The highest BCUT2D eigenvalue weighted by atomic mass is 16.5. The van der Waals surface area contributed by atoms with Crippen LogP contribution in [0.15, 0.2) is 29.3 Å². The minimum absolute atomic E-state index is 0.504. The fourth-order valence-electron chi connectivity index (χ4n) is 2.16. The molecule has 1 aromatic carbocycles. The van der Waals surface area contributed by atoms with Gasteiger partial charge in [0.1, 0.15) is 5.75 Å². The predicted molar refractivity (Wildman–Crippen MR) is 75.2 cm³/mol. The topological polar surface area (TPSA) is 21.6 Å². The molecule has 0 unspecified atom stereocenters. The molecule has 0 saturated heterocycles. The third-order valence-corrected chi connectivity index (χ3v) is 3.23. The molecule has 0 heterocycles. The Labute approximate surface area is 109 Å². The Hall–Kier alpha value is -1.75. The van der Waals surface area contributed by atoms with Crippen LogP contribution in [0.4, 0.5) is 0 Å². The molecule has 0 N–H and O–H groups in total. The van der Waals surface area contributed by atoms with E-state index < -0.39 is 0 Å². The van der Waals surface area contributed by atoms with Crippen LogP contribution in [0.2, 0.25) is 0 Å². The molecular weight excluding hydrogens is 222 g/mol. The largest absolute Gasteiger partial charge is 0.497 e. The molecule has 1 aromatic rings. The first-order valence-electron chi connectivity index (χ1n) is 6.56. The summed E-state index contributed by atoms with van der Waals surface area (Å²) in [7, 11) is 1.66. The Morgan fingerprint density at radius 3 is 2.56 bits per heavy atom. The van der Waals surface area contributed by atoms with Crippen molar-refractivity contribution in [1.82, 2.24) is 0 Å². The summed E-state index contributed by atoms with van der Waals surface area (Å²) in [6.07, 6.45) is 8.20. The van der Waals surface area contributed by atoms with Crippen LogP contribution >= 0.6 is 0 Å². The van der Waals surface area contributed by atoms with Gasteiger partial charge in [0.05, 0.1) is 19.4 Å². The maximum Gasteiger partial charge on any atom is 0.118 e. The zero-order valence-electron chi connectivity index (χ0n) is 10.9. The second-order valence-corrected chi connectivity index (χ2v) is 4.57. The van der Waals surface area contributed by atoms with E-state index >= 15 is 0 Å². The fourth-order valence-corrected chi connectivity index (χ4v) is 2.16. The number of rotatable bonds is 2. The van der Waals surface area contributed by atoms with Crippen LogP contribution in [-0.2, 0) is 0 Å². The first-order chi connectivity index (χ1) is 8.88. The molecular formula is C16H19NO. The molecule has 1 aliphatic rings. The van der Waals surface area contributed by atoms with Gasteiger partial charge in [-0.05, 0) is 43.0 Å². The Kier molecular flexibility index (Phi) is 4.84. The van der Waals surface area contributed by atoms with E-state index in [4.69, 9.17) is 4.74 Å². The van der Waals surface area contributed by atoms with Gasteiger partial charge in [-0.15, -0.1) is 0 Å². The second kappa shape index (κ2) is 6.86. The molecule has 1 saturated carbocycles. The lowest BCUT2D eigenvalue weighted by molar-refractivity contribution is 0.415. The summed E-state index contributed by atoms with van der Waals surface area (Å²) in [5.74, 6) is 6.94. The predicted octanol–water partition coefficient (Wildman–Crippen LogP) is 3.45. The van der Waals surface area contributed by atoms with Crippen molar-refractivity contribution in [1.29, 1.82) is 0 Å². The van der Waals surface area contributed by atoms with Crippen molar-refractivity contribution in [2.45, 2.75) is 38.1 Å². The van der Waals surface area contributed by atoms with Crippen LogP contribution in [0.25, 0.3) is 0 Å². The first-order valence-corrected chi connectivity index (χ1v) is 6.56. The van der Waals surface area contributed by atoms with Crippen molar-refractivity contribution < 1.29 is 4.74 Å². The van der Waals surface area contributed by atoms with Gasteiger partial charge in [0.25, 0.3) is 0 Å². The monoisotopic (exact) mass is 241 g/mol. The standard InChI is InChI=1S/C16H19NO/c1-18-16-11-9-14(10-12-16)6-5-13-17-15-7-3-2-4-8-15/h9-13,15H,2-4,7-8H2,1H3. The second-order valence-electron chi connectivity index (χ2n) is 4.57. The van der Waals surface area contributed by atoms with Crippen molar-refractivity contribution in [3.63, 3.8) is 0 Å². The molecule has 0 radical (unpaired) electrons. The van der Waals surface area contributed by atoms with E-state index in [-0.39, 0.29) is 0 Å². The highest BCUT2D eigenvalue weighted by Crippen LogP contribution is 2.19. The maximum absolute atomic E-state index is 5.10. The van der Waals surface area contributed by atoms with Crippen LogP contribution in [0.3, 0.4) is 0 Å². The number of hydrogen-bond donors (Lipinski definition) is 0. The van der Waals surface area contributed by atoms with Crippen LogP contribution in [-0.4, -0.2) is 19.4 Å². The van der Waals surface area contributed by atoms with Gasteiger partial charge in [-0.3, -0.25) is 4.99 Å². The molecule has 2 nitrogen and oxygen atoms in total. The summed E-state index contributed by atoms with van der Waals surface area (Å²) in [5.41, 5.74) is 0.992. The Morgan fingerprint density at radius 2 is 1.89 bits per heavy atom. The number of ether oxygens (including phenoxy) is 1. The zero-order chi connectivity index (χ0) is 12.6. The third kappa shape index (κ3) is 3.92. The van der Waals surface area contributed by atoms with Crippen molar-refractivity contribution >= 4 is 6.21 Å². The van der Waals surface area contributed by atoms with E-state index in [0.717, 1.165) is 11.3 Å². The van der Waals surface area contributed by atoms with Gasteiger partial charge < -0.3 is 4.74 Å². The van der Waals surface area contributed by atoms with Gasteiger partial charge in [0, 0.05) is 5.56 Å². The summed E-state index contributed by atoms with van der Waals surface area (Å²) in [6, 6.07) is 8.26. The number of benzene rings is 1. The molecule has 0 amide bonds. The summed E-state index contributed by atoms with van der Waals surface area (Å²) >= 11 is 0. The maximum atomic E-state index is 5.10. The summed E-state index contributed by atoms with van der Waals surface area (Å²) in [6.45, 7) is 0. The van der Waals surface area contributed by atoms with Gasteiger partial charge >= 0.3 is 0 Å². The van der Waals surface area contributed by atoms with Crippen molar-refractivity contribution in [3.8, 4) is 17.6 Å². The highest BCUT2D eigenvalue weighted by Gasteiger charge is 2.10. The Morgan fingerprint density at radius 1 is 1.17 bits per heavy atom. The minimum Gasteiger partial charge on any atom is -0.497 e. The molecule has 0 aliphatic heterocycles. The van der Waals surface area contributed by atoms with Gasteiger partial charge in [0.15, 0.2) is 0 Å². The van der Waals surface area contributed by atoms with Crippen molar-refractivity contribution in [2.24, 2.45) is 4.99 Å². The van der Waals surface area contributed by atoms with Crippen LogP contribution in [0, 0.1) is 11.8 Å². The molecule has 18 heavy (non-hydrogen) atoms. The van der Waals surface area contributed by atoms with Crippen LogP contribution in [0.1, 0.15) is 37.7 Å². The van der Waals surface area contributed by atoms with E-state index in [1.165, 1.54) is 32.1 Å². The number of nitrogens with zero attached hydrogens (tertiary/aromatic N) is 1. The lowest BCUT2D eigenvalue weighted by Gasteiger charge is -2.16. The molecule has 0 aromatic heterocycles. The summed E-state index contributed by atoms with van der Waals surface area (Å²) in [5, 5.41) is 0. The quantitative estimate of drug-likeness (QED) is 0.574. The average molecular weight is 241 g/mol. The van der Waals surface area contributed by atoms with Gasteiger partial charge in [-0.25, -0.2) is 0 Å². The summed E-state index contributed by atoms with van der Waals surface area (Å²) in [4.78, 5) is 4.51. The lowest BCUT2D eigenvalue weighted by Crippen LogP contribution is -2.09. The van der Waals surface area contributed by atoms with Crippen LogP contribution in [0.5, 0.6) is 5.75 Å². The molecule has 0 atom stereocenters. The van der Waals surface area contributed by atoms with E-state index in [1.807, 2.05) is 24.3 Å². The molecule has 0 spiro atoms. The Bertz CT molecular complexity index is 444.